The van der Waals surface area contributed by atoms with Gasteiger partial charge in [0.15, 0.2) is 5.82 Å². The maximum Gasteiger partial charge on any atom is 0.304 e. The van der Waals surface area contributed by atoms with Crippen LogP contribution in [0, 0.1) is 13.8 Å². The Kier molecular flexibility index (Phi) is 4.02. The number of esters is 1. The van der Waals surface area contributed by atoms with Crippen molar-refractivity contribution in [3.05, 3.63) is 41.0 Å². The normalized spacial score (nSPS) is 16.2. The highest BCUT2D eigenvalue weighted by atomic mass is 32.2. The van der Waals surface area contributed by atoms with Crippen molar-refractivity contribution in [3.8, 4) is 5.69 Å². The SMILES string of the molecule is CSc1ccc2c(c1)C(C)=NC(OC(C)=O)c1nc(C)c(C)n1-2. The van der Waals surface area contributed by atoms with E-state index >= 15 is 0 Å². The molecule has 0 aliphatic carbocycles. The third kappa shape index (κ3) is 2.67. The van der Waals surface area contributed by atoms with Gasteiger partial charge in [-0.3, -0.25) is 9.36 Å². The molecule has 0 N–H and O–H groups in total. The molecule has 1 atom stereocenters. The highest BCUT2D eigenvalue weighted by Crippen LogP contribution is 2.33. The number of thioether (sulfide) groups is 1. The zero-order chi connectivity index (χ0) is 16.7. The lowest BCUT2D eigenvalue weighted by Crippen LogP contribution is -2.11. The molecule has 0 bridgehead atoms. The van der Waals surface area contributed by atoms with Crippen LogP contribution in [0.3, 0.4) is 0 Å². The van der Waals surface area contributed by atoms with E-state index in [9.17, 15) is 4.79 Å². The number of ether oxygens (including phenoxy) is 1. The number of carbonyl (C=O) groups excluding carboxylic acids is 1. The Labute approximate surface area is 139 Å². The van der Waals surface area contributed by atoms with Gasteiger partial charge < -0.3 is 4.74 Å². The van der Waals surface area contributed by atoms with Gasteiger partial charge in [-0.05, 0) is 45.2 Å². The van der Waals surface area contributed by atoms with Crippen molar-refractivity contribution in [1.29, 1.82) is 0 Å². The molecule has 1 aromatic carbocycles. The first kappa shape index (κ1) is 15.8. The third-order valence-corrected chi connectivity index (χ3v) is 4.74. The van der Waals surface area contributed by atoms with Crippen LogP contribution in [0.5, 0.6) is 0 Å². The van der Waals surface area contributed by atoms with Crippen LogP contribution in [0.4, 0.5) is 0 Å². The zero-order valence-corrected chi connectivity index (χ0v) is 14.7. The number of nitrogens with zero attached hydrogens (tertiary/aromatic N) is 3. The molecule has 23 heavy (non-hydrogen) atoms. The third-order valence-electron chi connectivity index (χ3n) is 4.01. The summed E-state index contributed by atoms with van der Waals surface area (Å²) in [6.45, 7) is 7.30. The minimum atomic E-state index is -0.718. The molecule has 6 heteroatoms. The summed E-state index contributed by atoms with van der Waals surface area (Å²) in [5.41, 5.74) is 4.83. The lowest BCUT2D eigenvalue weighted by Gasteiger charge is -2.14. The lowest BCUT2D eigenvalue weighted by atomic mass is 10.1. The number of aromatic nitrogens is 2. The largest absolute Gasteiger partial charge is 0.432 e. The van der Waals surface area contributed by atoms with Crippen molar-refractivity contribution < 1.29 is 9.53 Å². The average molecular weight is 329 g/mol. The van der Waals surface area contributed by atoms with Gasteiger partial charge in [0.05, 0.1) is 11.4 Å². The Bertz CT molecular complexity index is 823. The number of aliphatic imine (C=N–C) groups is 1. The van der Waals surface area contributed by atoms with E-state index in [0.29, 0.717) is 5.82 Å². The van der Waals surface area contributed by atoms with Crippen LogP contribution in [0.1, 0.15) is 42.9 Å². The van der Waals surface area contributed by atoms with Gasteiger partial charge in [0.25, 0.3) is 6.23 Å². The van der Waals surface area contributed by atoms with Crippen molar-refractivity contribution in [3.63, 3.8) is 0 Å². The van der Waals surface area contributed by atoms with Crippen LogP contribution in [0.2, 0.25) is 0 Å². The lowest BCUT2D eigenvalue weighted by molar-refractivity contribution is -0.146. The standard InChI is InChI=1S/C17H19N3O2S/c1-9-11(3)20-15-7-6-13(23-5)8-14(15)10(2)19-17(16(20)18-9)22-12(4)21/h6-8,17H,1-5H3. The summed E-state index contributed by atoms with van der Waals surface area (Å²) in [7, 11) is 0. The van der Waals surface area contributed by atoms with Gasteiger partial charge in [0.1, 0.15) is 0 Å². The molecule has 1 aromatic heterocycles. The molecular formula is C17H19N3O2S. The second kappa shape index (κ2) is 5.85. The monoisotopic (exact) mass is 329 g/mol. The quantitative estimate of drug-likeness (QED) is 0.624. The van der Waals surface area contributed by atoms with Crippen molar-refractivity contribution in [2.45, 2.75) is 38.8 Å². The van der Waals surface area contributed by atoms with Crippen LogP contribution in [0.15, 0.2) is 28.1 Å². The molecule has 0 saturated heterocycles. The molecule has 0 fully saturated rings. The van der Waals surface area contributed by atoms with E-state index in [-0.39, 0.29) is 5.97 Å². The highest BCUT2D eigenvalue weighted by molar-refractivity contribution is 7.98. The molecule has 3 rings (SSSR count). The Morgan fingerprint density at radius 2 is 2.04 bits per heavy atom. The molecule has 2 heterocycles. The molecule has 0 saturated carbocycles. The van der Waals surface area contributed by atoms with Crippen LogP contribution < -0.4 is 0 Å². The number of hydrogen-bond donors (Lipinski definition) is 0. The van der Waals surface area contributed by atoms with Crippen LogP contribution >= 0.6 is 11.8 Å². The molecule has 2 aromatic rings. The molecular weight excluding hydrogens is 310 g/mol. The summed E-state index contributed by atoms with van der Waals surface area (Å²) in [5.74, 6) is 0.275. The summed E-state index contributed by atoms with van der Waals surface area (Å²) < 4.78 is 7.45. The number of benzene rings is 1. The topological polar surface area (TPSA) is 56.5 Å². The number of imidazole rings is 1. The number of rotatable bonds is 2. The predicted molar refractivity (Wildman–Crippen MR) is 91.5 cm³/mol. The zero-order valence-electron chi connectivity index (χ0n) is 13.9. The second-order valence-corrected chi connectivity index (χ2v) is 6.42. The van der Waals surface area contributed by atoms with Crippen LogP contribution in [-0.2, 0) is 9.53 Å². The van der Waals surface area contributed by atoms with E-state index in [0.717, 1.165) is 28.4 Å². The fraction of sp³-hybridized carbons (Fsp3) is 0.353. The Morgan fingerprint density at radius 1 is 1.30 bits per heavy atom. The maximum absolute atomic E-state index is 11.5. The molecule has 1 aliphatic heterocycles. The molecule has 120 valence electrons. The van der Waals surface area contributed by atoms with Crippen LogP contribution in [0.25, 0.3) is 5.69 Å². The van der Waals surface area contributed by atoms with Gasteiger partial charge in [0, 0.05) is 28.8 Å². The Morgan fingerprint density at radius 3 is 2.70 bits per heavy atom. The van der Waals surface area contributed by atoms with Crippen molar-refractivity contribution in [2.24, 2.45) is 4.99 Å². The molecule has 5 nitrogen and oxygen atoms in total. The first-order chi connectivity index (χ1) is 10.9. The summed E-state index contributed by atoms with van der Waals surface area (Å²) in [5, 5.41) is 0. The van der Waals surface area contributed by atoms with E-state index in [2.05, 4.69) is 28.2 Å². The smallest absolute Gasteiger partial charge is 0.304 e. The summed E-state index contributed by atoms with van der Waals surface area (Å²) in [6.07, 6.45) is 1.33. The van der Waals surface area contributed by atoms with E-state index in [1.807, 2.05) is 31.6 Å². The first-order valence-corrected chi connectivity index (χ1v) is 8.61. The summed E-state index contributed by atoms with van der Waals surface area (Å²) in [6, 6.07) is 6.28. The number of carbonyl (C=O) groups is 1. The second-order valence-electron chi connectivity index (χ2n) is 5.54. The summed E-state index contributed by atoms with van der Waals surface area (Å²) >= 11 is 1.69. The minimum absolute atomic E-state index is 0.368. The van der Waals surface area contributed by atoms with Gasteiger partial charge in [-0.25, -0.2) is 9.98 Å². The van der Waals surface area contributed by atoms with Crippen molar-refractivity contribution in [1.82, 2.24) is 9.55 Å². The van der Waals surface area contributed by atoms with Gasteiger partial charge >= 0.3 is 5.97 Å². The van der Waals surface area contributed by atoms with Crippen LogP contribution in [-0.4, -0.2) is 27.5 Å². The van der Waals surface area contributed by atoms with E-state index < -0.39 is 6.23 Å². The molecule has 1 aliphatic rings. The maximum atomic E-state index is 11.5. The highest BCUT2D eigenvalue weighted by Gasteiger charge is 2.28. The average Bonchev–Trinajstić information content (AvgIpc) is 2.75. The molecule has 1 unspecified atom stereocenters. The van der Waals surface area contributed by atoms with Crippen molar-refractivity contribution in [2.75, 3.05) is 6.26 Å². The van der Waals surface area contributed by atoms with Gasteiger partial charge in [-0.1, -0.05) is 0 Å². The van der Waals surface area contributed by atoms with Gasteiger partial charge in [-0.2, -0.15) is 0 Å². The minimum Gasteiger partial charge on any atom is -0.432 e. The van der Waals surface area contributed by atoms with E-state index in [4.69, 9.17) is 4.74 Å². The van der Waals surface area contributed by atoms with E-state index in [1.54, 1.807) is 11.8 Å². The Hall–Kier alpha value is -2.08. The fourth-order valence-electron chi connectivity index (χ4n) is 2.77. The van der Waals surface area contributed by atoms with Gasteiger partial charge in [0.2, 0.25) is 0 Å². The number of hydrogen-bond acceptors (Lipinski definition) is 5. The Balaban J connectivity index is 2.30. The molecule has 0 spiro atoms. The molecule has 0 amide bonds. The summed E-state index contributed by atoms with van der Waals surface area (Å²) in [4.78, 5) is 21.8. The number of aryl methyl sites for hydroxylation is 1. The fourth-order valence-corrected chi connectivity index (χ4v) is 3.21. The van der Waals surface area contributed by atoms with Gasteiger partial charge in [-0.15, -0.1) is 11.8 Å². The van der Waals surface area contributed by atoms with Crippen molar-refractivity contribution >= 4 is 23.4 Å². The number of fused-ring (bicyclic) bond motifs is 3. The predicted octanol–water partition coefficient (Wildman–Crippen LogP) is 3.60. The first-order valence-electron chi connectivity index (χ1n) is 7.38. The molecule has 0 radical (unpaired) electrons. The van der Waals surface area contributed by atoms with E-state index in [1.165, 1.54) is 11.8 Å².